The van der Waals surface area contributed by atoms with Crippen LogP contribution in [0.15, 0.2) is 51.3 Å². The molecule has 0 radical (unpaired) electrons. The van der Waals surface area contributed by atoms with Crippen molar-refractivity contribution in [1.82, 2.24) is 30.4 Å². The molecule has 4 aromatic rings. The highest BCUT2D eigenvalue weighted by Crippen LogP contribution is 2.34. The van der Waals surface area contributed by atoms with Gasteiger partial charge in [0.2, 0.25) is 18.5 Å². The Morgan fingerprint density at radius 3 is 2.55 bits per heavy atom. The number of furan rings is 2. The van der Waals surface area contributed by atoms with Gasteiger partial charge >= 0.3 is 0 Å². The molecule has 1 aliphatic carbocycles. The molecule has 12 heteroatoms. The summed E-state index contributed by atoms with van der Waals surface area (Å²) >= 11 is 0. The van der Waals surface area contributed by atoms with E-state index in [9.17, 15) is 9.59 Å². The molecule has 40 heavy (non-hydrogen) atoms. The number of hydrogen-bond donors (Lipinski definition) is 1. The fraction of sp³-hybridized carbons (Fsp3) is 0.393. The van der Waals surface area contributed by atoms with Crippen LogP contribution in [-0.4, -0.2) is 49.8 Å². The summed E-state index contributed by atoms with van der Waals surface area (Å²) in [6.45, 7) is 3.62. The number of carbonyl (C=O) groups excluding carboxylic acids is 2. The Bertz CT molecular complexity index is 1520. The van der Waals surface area contributed by atoms with Crippen molar-refractivity contribution < 1.29 is 27.9 Å². The Kier molecular flexibility index (Phi) is 6.97. The SMILES string of the molecule is Cc1ccc(-c2nnn(CC(=O)N(Cc3ccc4c(c3)OCO4)[C@H](C(=O)NC3CCCC3)c3ccc(C)o3)n2)o1. The normalized spacial score (nSPS) is 15.3. The number of aromatic nitrogens is 4. The molecule has 0 bridgehead atoms. The second kappa shape index (κ2) is 10.9. The quantitative estimate of drug-likeness (QED) is 0.333. The number of tetrazole rings is 1. The van der Waals surface area contributed by atoms with Crippen LogP contribution >= 0.6 is 0 Å². The average molecular weight is 547 g/mol. The lowest BCUT2D eigenvalue weighted by Gasteiger charge is -2.30. The van der Waals surface area contributed by atoms with Gasteiger partial charge in [0, 0.05) is 12.6 Å². The van der Waals surface area contributed by atoms with Gasteiger partial charge in [-0.05, 0) is 73.9 Å². The minimum Gasteiger partial charge on any atom is -0.464 e. The lowest BCUT2D eigenvalue weighted by Crippen LogP contribution is -2.46. The summed E-state index contributed by atoms with van der Waals surface area (Å²) in [6.07, 6.45) is 3.93. The fourth-order valence-electron chi connectivity index (χ4n) is 5.11. The van der Waals surface area contributed by atoms with Gasteiger partial charge in [0.25, 0.3) is 5.91 Å². The van der Waals surface area contributed by atoms with Crippen molar-refractivity contribution in [1.29, 1.82) is 0 Å². The van der Waals surface area contributed by atoms with E-state index in [1.165, 1.54) is 9.70 Å². The van der Waals surface area contributed by atoms with Crippen LogP contribution in [0.5, 0.6) is 11.5 Å². The summed E-state index contributed by atoms with van der Waals surface area (Å²) < 4.78 is 22.5. The first-order valence-electron chi connectivity index (χ1n) is 13.3. The van der Waals surface area contributed by atoms with Crippen molar-refractivity contribution in [3.63, 3.8) is 0 Å². The monoisotopic (exact) mass is 546 g/mol. The number of aryl methyl sites for hydroxylation is 2. The molecule has 0 spiro atoms. The van der Waals surface area contributed by atoms with Crippen molar-refractivity contribution in [2.24, 2.45) is 0 Å². The van der Waals surface area contributed by atoms with Gasteiger partial charge in [0.05, 0.1) is 0 Å². The van der Waals surface area contributed by atoms with Gasteiger partial charge in [-0.3, -0.25) is 9.59 Å². The van der Waals surface area contributed by atoms with Gasteiger partial charge in [-0.1, -0.05) is 18.9 Å². The third kappa shape index (κ3) is 5.42. The Morgan fingerprint density at radius 1 is 1.02 bits per heavy atom. The number of hydrogen-bond acceptors (Lipinski definition) is 9. The number of fused-ring (bicyclic) bond motifs is 1. The van der Waals surface area contributed by atoms with Gasteiger partial charge in [-0.25, -0.2) is 0 Å². The first-order valence-corrected chi connectivity index (χ1v) is 13.3. The van der Waals surface area contributed by atoms with E-state index in [4.69, 9.17) is 18.3 Å². The molecule has 0 unspecified atom stereocenters. The first-order chi connectivity index (χ1) is 19.4. The van der Waals surface area contributed by atoms with E-state index in [-0.39, 0.29) is 37.7 Å². The van der Waals surface area contributed by atoms with Crippen molar-refractivity contribution in [3.05, 3.63) is 65.3 Å². The molecule has 208 valence electrons. The van der Waals surface area contributed by atoms with Crippen LogP contribution in [0.1, 0.15) is 54.6 Å². The molecule has 0 saturated heterocycles. The molecule has 1 N–H and O–H groups in total. The molecule has 1 saturated carbocycles. The lowest BCUT2D eigenvalue weighted by atomic mass is 10.1. The highest BCUT2D eigenvalue weighted by molar-refractivity contribution is 5.88. The van der Waals surface area contributed by atoms with E-state index < -0.39 is 11.9 Å². The standard InChI is InChI=1S/C28H30N6O6/c1-17-7-10-22(39-17)26(28(36)29-20-5-3-4-6-20)33(14-19-9-12-21-24(13-19)38-16-37-21)25(35)15-34-31-27(30-32-34)23-11-8-18(2)40-23/h7-13,20,26H,3-6,14-16H2,1-2H3,(H,29,36)/t26-/m0/s1. The molecular weight excluding hydrogens is 516 g/mol. The molecule has 3 aromatic heterocycles. The van der Waals surface area contributed by atoms with Crippen LogP contribution in [0.25, 0.3) is 11.6 Å². The van der Waals surface area contributed by atoms with Crippen LogP contribution in [-0.2, 0) is 22.7 Å². The third-order valence-corrected chi connectivity index (χ3v) is 7.09. The smallest absolute Gasteiger partial charge is 0.250 e. The van der Waals surface area contributed by atoms with Crippen LogP contribution in [0.4, 0.5) is 0 Å². The van der Waals surface area contributed by atoms with Crippen LogP contribution in [0.3, 0.4) is 0 Å². The number of ether oxygens (including phenoxy) is 2. The molecule has 1 aliphatic heterocycles. The van der Waals surface area contributed by atoms with Crippen molar-refractivity contribution >= 4 is 11.8 Å². The molecule has 6 rings (SSSR count). The summed E-state index contributed by atoms with van der Waals surface area (Å²) in [6, 6.07) is 11.6. The van der Waals surface area contributed by atoms with Crippen molar-refractivity contribution in [2.75, 3.05) is 6.79 Å². The van der Waals surface area contributed by atoms with E-state index in [0.717, 1.165) is 31.2 Å². The van der Waals surface area contributed by atoms with E-state index >= 15 is 0 Å². The van der Waals surface area contributed by atoms with Gasteiger partial charge < -0.3 is 28.5 Å². The molecule has 2 amide bonds. The molecule has 12 nitrogen and oxygen atoms in total. The van der Waals surface area contributed by atoms with Gasteiger partial charge in [0.1, 0.15) is 23.8 Å². The second-order valence-corrected chi connectivity index (χ2v) is 10.1. The van der Waals surface area contributed by atoms with Crippen LogP contribution in [0, 0.1) is 13.8 Å². The van der Waals surface area contributed by atoms with Crippen LogP contribution < -0.4 is 14.8 Å². The maximum Gasteiger partial charge on any atom is 0.250 e. The molecular formula is C28H30N6O6. The Labute approximate surface area is 230 Å². The highest BCUT2D eigenvalue weighted by Gasteiger charge is 2.36. The van der Waals surface area contributed by atoms with Gasteiger partial charge in [0.15, 0.2) is 23.3 Å². The third-order valence-electron chi connectivity index (χ3n) is 7.09. The summed E-state index contributed by atoms with van der Waals surface area (Å²) in [5.41, 5.74) is 0.762. The highest BCUT2D eigenvalue weighted by atomic mass is 16.7. The summed E-state index contributed by atoms with van der Waals surface area (Å²) in [5, 5.41) is 15.6. The number of carbonyl (C=O) groups is 2. The minimum atomic E-state index is -1.01. The molecule has 1 aromatic carbocycles. The number of nitrogens with zero attached hydrogens (tertiary/aromatic N) is 5. The molecule has 1 atom stereocenters. The average Bonchev–Trinajstić information content (AvgIpc) is 3.75. The topological polar surface area (TPSA) is 138 Å². The van der Waals surface area contributed by atoms with Gasteiger partial charge in [-0.15, -0.1) is 10.2 Å². The zero-order valence-corrected chi connectivity index (χ0v) is 22.3. The fourth-order valence-corrected chi connectivity index (χ4v) is 5.11. The number of amides is 2. The molecule has 4 heterocycles. The zero-order valence-electron chi connectivity index (χ0n) is 22.3. The Morgan fingerprint density at radius 2 is 1.80 bits per heavy atom. The number of nitrogens with one attached hydrogen (secondary N) is 1. The van der Waals surface area contributed by atoms with Crippen LogP contribution in [0.2, 0.25) is 0 Å². The van der Waals surface area contributed by atoms with Crippen molar-refractivity contribution in [2.45, 2.75) is 64.7 Å². The molecule has 1 fully saturated rings. The summed E-state index contributed by atoms with van der Waals surface area (Å²) in [5.74, 6) is 2.97. The number of rotatable bonds is 9. The van der Waals surface area contributed by atoms with E-state index in [2.05, 4.69) is 20.7 Å². The summed E-state index contributed by atoms with van der Waals surface area (Å²) in [4.78, 5) is 30.4. The first kappa shape index (κ1) is 25.7. The maximum atomic E-state index is 14.0. The van der Waals surface area contributed by atoms with Gasteiger partial charge in [-0.2, -0.15) is 4.80 Å². The predicted octanol–water partition coefficient (Wildman–Crippen LogP) is 3.70. The van der Waals surface area contributed by atoms with Crippen molar-refractivity contribution in [3.8, 4) is 23.1 Å². The Balaban J connectivity index is 1.32. The summed E-state index contributed by atoms with van der Waals surface area (Å²) in [7, 11) is 0. The lowest BCUT2D eigenvalue weighted by molar-refractivity contribution is -0.143. The number of benzene rings is 1. The largest absolute Gasteiger partial charge is 0.464 e. The predicted molar refractivity (Wildman–Crippen MR) is 140 cm³/mol. The Hall–Kier alpha value is -4.61. The molecule has 2 aliphatic rings. The van der Waals surface area contributed by atoms with E-state index in [1.807, 2.05) is 19.1 Å². The van der Waals surface area contributed by atoms with E-state index in [0.29, 0.717) is 34.5 Å². The van der Waals surface area contributed by atoms with E-state index in [1.54, 1.807) is 37.3 Å². The maximum absolute atomic E-state index is 14.0. The second-order valence-electron chi connectivity index (χ2n) is 10.1. The zero-order chi connectivity index (χ0) is 27.6. The minimum absolute atomic E-state index is 0.0600.